The molecular formula is C11H10ClN3O4S2. The predicted molar refractivity (Wildman–Crippen MR) is 77.9 cm³/mol. The zero-order valence-electron chi connectivity index (χ0n) is 10.4. The van der Waals surface area contributed by atoms with Gasteiger partial charge in [0.2, 0.25) is 10.0 Å². The molecule has 2 rings (SSSR count). The number of benzene rings is 1. The van der Waals surface area contributed by atoms with Gasteiger partial charge in [0.15, 0.2) is 0 Å². The Morgan fingerprint density at radius 2 is 1.76 bits per heavy atom. The minimum absolute atomic E-state index is 0.0835. The third-order valence-corrected chi connectivity index (χ3v) is 5.06. The third-order valence-electron chi connectivity index (χ3n) is 2.46. The number of nitrogens with two attached hydrogens (primary N) is 1. The summed E-state index contributed by atoms with van der Waals surface area (Å²) < 4.78 is 49.1. The predicted octanol–water partition coefficient (Wildman–Crippen LogP) is 1.18. The average Bonchev–Trinajstić information content (AvgIpc) is 2.40. The molecule has 0 aliphatic rings. The Morgan fingerprint density at radius 3 is 2.38 bits per heavy atom. The number of anilines is 1. The maximum atomic E-state index is 12.2. The lowest BCUT2D eigenvalue weighted by Gasteiger charge is -2.09. The molecule has 0 saturated carbocycles. The standard InChI is InChI=1S/C11H10ClN3O4S2/c12-10-4-5-14-7-11(10)15-21(18,19)9-3-1-2-8(6-9)20(13,16)17/h1-7,15H,(H2,13,16,17). The highest BCUT2D eigenvalue weighted by molar-refractivity contribution is 7.93. The maximum absolute atomic E-state index is 12.2. The number of hydrogen-bond acceptors (Lipinski definition) is 5. The fourth-order valence-corrected chi connectivity index (χ4v) is 3.43. The van der Waals surface area contributed by atoms with Gasteiger partial charge in [-0.2, -0.15) is 0 Å². The molecule has 112 valence electrons. The fraction of sp³-hybridized carbons (Fsp3) is 0. The van der Waals surface area contributed by atoms with E-state index in [0.717, 1.165) is 6.07 Å². The van der Waals surface area contributed by atoms with Crippen molar-refractivity contribution in [1.82, 2.24) is 4.98 Å². The van der Waals surface area contributed by atoms with Gasteiger partial charge < -0.3 is 0 Å². The van der Waals surface area contributed by atoms with Crippen molar-refractivity contribution in [1.29, 1.82) is 0 Å². The van der Waals surface area contributed by atoms with Crippen LogP contribution in [0, 0.1) is 0 Å². The summed E-state index contributed by atoms with van der Waals surface area (Å²) in [6.45, 7) is 0. The lowest BCUT2D eigenvalue weighted by atomic mass is 10.4. The van der Waals surface area contributed by atoms with Gasteiger partial charge in [-0.3, -0.25) is 9.71 Å². The van der Waals surface area contributed by atoms with Gasteiger partial charge in [-0.1, -0.05) is 17.7 Å². The van der Waals surface area contributed by atoms with Crippen molar-refractivity contribution < 1.29 is 16.8 Å². The van der Waals surface area contributed by atoms with E-state index in [1.807, 2.05) is 0 Å². The first kappa shape index (κ1) is 15.7. The van der Waals surface area contributed by atoms with Crippen LogP contribution in [0.3, 0.4) is 0 Å². The van der Waals surface area contributed by atoms with Crippen LogP contribution in [-0.4, -0.2) is 21.8 Å². The molecule has 0 unspecified atom stereocenters. The Balaban J connectivity index is 2.44. The largest absolute Gasteiger partial charge is 0.277 e. The monoisotopic (exact) mass is 347 g/mol. The molecule has 0 spiro atoms. The highest BCUT2D eigenvalue weighted by atomic mass is 35.5. The normalized spacial score (nSPS) is 12.1. The Bertz CT molecular complexity index is 882. The topological polar surface area (TPSA) is 119 Å². The number of primary sulfonamides is 1. The maximum Gasteiger partial charge on any atom is 0.262 e. The van der Waals surface area contributed by atoms with E-state index in [0.29, 0.717) is 0 Å². The van der Waals surface area contributed by atoms with Crippen molar-refractivity contribution in [2.75, 3.05) is 4.72 Å². The number of aromatic nitrogens is 1. The van der Waals surface area contributed by atoms with Gasteiger partial charge in [-0.05, 0) is 24.3 Å². The zero-order valence-corrected chi connectivity index (χ0v) is 12.8. The molecule has 0 radical (unpaired) electrons. The number of nitrogens with zero attached hydrogens (tertiary/aromatic N) is 1. The van der Waals surface area contributed by atoms with Gasteiger partial charge in [-0.15, -0.1) is 0 Å². The first-order valence-corrected chi connectivity index (χ1v) is 8.86. The van der Waals surface area contributed by atoms with Crippen LogP contribution in [0.25, 0.3) is 0 Å². The minimum atomic E-state index is -4.01. The summed E-state index contributed by atoms with van der Waals surface area (Å²) in [5, 5.41) is 5.13. The zero-order chi connectivity index (χ0) is 15.7. The van der Waals surface area contributed by atoms with Crippen molar-refractivity contribution in [3.8, 4) is 0 Å². The second-order valence-electron chi connectivity index (χ2n) is 3.98. The van der Waals surface area contributed by atoms with E-state index in [1.165, 1.54) is 36.7 Å². The van der Waals surface area contributed by atoms with Gasteiger partial charge >= 0.3 is 0 Å². The molecule has 3 N–H and O–H groups in total. The number of halogens is 1. The van der Waals surface area contributed by atoms with E-state index in [9.17, 15) is 16.8 Å². The molecule has 0 bridgehead atoms. The van der Waals surface area contributed by atoms with E-state index >= 15 is 0 Å². The highest BCUT2D eigenvalue weighted by Crippen LogP contribution is 2.23. The third kappa shape index (κ3) is 3.70. The molecule has 1 aromatic carbocycles. The molecule has 1 heterocycles. The number of rotatable bonds is 4. The first-order valence-electron chi connectivity index (χ1n) is 5.45. The molecule has 0 aliphatic heterocycles. The molecular weight excluding hydrogens is 338 g/mol. The van der Waals surface area contributed by atoms with Crippen LogP contribution >= 0.6 is 11.6 Å². The van der Waals surface area contributed by atoms with Crippen molar-refractivity contribution in [3.05, 3.63) is 47.7 Å². The molecule has 21 heavy (non-hydrogen) atoms. The van der Waals surface area contributed by atoms with E-state index in [1.54, 1.807) is 0 Å². The molecule has 0 aliphatic carbocycles. The van der Waals surface area contributed by atoms with Crippen LogP contribution in [-0.2, 0) is 20.0 Å². The summed E-state index contributed by atoms with van der Waals surface area (Å²) in [4.78, 5) is 3.19. The Morgan fingerprint density at radius 1 is 1.10 bits per heavy atom. The number of pyridine rings is 1. The summed E-state index contributed by atoms with van der Waals surface area (Å²) in [7, 11) is -8.01. The summed E-state index contributed by atoms with van der Waals surface area (Å²) in [5.74, 6) is 0. The molecule has 0 amide bonds. The number of hydrogen-bond donors (Lipinski definition) is 2. The molecule has 7 nitrogen and oxygen atoms in total. The van der Waals surface area contributed by atoms with Gasteiger partial charge in [0, 0.05) is 6.20 Å². The first-order chi connectivity index (χ1) is 9.70. The van der Waals surface area contributed by atoms with E-state index in [2.05, 4.69) is 9.71 Å². The number of nitrogens with one attached hydrogen (secondary N) is 1. The lowest BCUT2D eigenvalue weighted by molar-refractivity contribution is 0.597. The lowest BCUT2D eigenvalue weighted by Crippen LogP contribution is -2.16. The van der Waals surface area contributed by atoms with Gasteiger partial charge in [0.05, 0.1) is 26.7 Å². The molecule has 10 heteroatoms. The SMILES string of the molecule is NS(=O)(=O)c1cccc(S(=O)(=O)Nc2cnccc2Cl)c1. The summed E-state index contributed by atoms with van der Waals surface area (Å²) >= 11 is 5.84. The Labute approximate surface area is 126 Å². The van der Waals surface area contributed by atoms with Crippen molar-refractivity contribution in [3.63, 3.8) is 0 Å². The highest BCUT2D eigenvalue weighted by Gasteiger charge is 2.18. The van der Waals surface area contributed by atoms with Crippen molar-refractivity contribution in [2.24, 2.45) is 5.14 Å². The van der Waals surface area contributed by atoms with Gasteiger partial charge in [-0.25, -0.2) is 22.0 Å². The van der Waals surface area contributed by atoms with Crippen LogP contribution in [0.1, 0.15) is 0 Å². The van der Waals surface area contributed by atoms with Crippen molar-refractivity contribution >= 4 is 37.3 Å². The molecule has 1 aromatic heterocycles. The quantitative estimate of drug-likeness (QED) is 0.860. The van der Waals surface area contributed by atoms with Gasteiger partial charge in [0.25, 0.3) is 10.0 Å². The Kier molecular flexibility index (Phi) is 4.19. The van der Waals surface area contributed by atoms with Crippen LogP contribution in [0.15, 0.2) is 52.5 Å². The average molecular weight is 348 g/mol. The summed E-state index contributed by atoms with van der Waals surface area (Å²) in [5.41, 5.74) is 0.0835. The molecule has 0 atom stereocenters. The molecule has 0 fully saturated rings. The van der Waals surface area contributed by atoms with E-state index < -0.39 is 20.0 Å². The molecule has 0 saturated heterocycles. The van der Waals surface area contributed by atoms with E-state index in [4.69, 9.17) is 16.7 Å². The van der Waals surface area contributed by atoms with Crippen LogP contribution < -0.4 is 9.86 Å². The fourth-order valence-electron chi connectivity index (χ4n) is 1.47. The van der Waals surface area contributed by atoms with Crippen LogP contribution in [0.2, 0.25) is 5.02 Å². The van der Waals surface area contributed by atoms with Crippen LogP contribution in [0.5, 0.6) is 0 Å². The Hall–Kier alpha value is -1.68. The molecule has 2 aromatic rings. The van der Waals surface area contributed by atoms with Gasteiger partial charge in [0.1, 0.15) is 0 Å². The van der Waals surface area contributed by atoms with Crippen molar-refractivity contribution in [2.45, 2.75) is 9.79 Å². The van der Waals surface area contributed by atoms with E-state index in [-0.39, 0.29) is 20.5 Å². The summed E-state index contributed by atoms with van der Waals surface area (Å²) in [6, 6.07) is 6.09. The minimum Gasteiger partial charge on any atom is -0.277 e. The summed E-state index contributed by atoms with van der Waals surface area (Å²) in [6.07, 6.45) is 2.64. The second-order valence-corrected chi connectivity index (χ2v) is 7.63. The van der Waals surface area contributed by atoms with Crippen LogP contribution in [0.4, 0.5) is 5.69 Å². The second kappa shape index (κ2) is 5.60. The number of sulfonamides is 2. The smallest absolute Gasteiger partial charge is 0.262 e.